The molecule has 0 radical (unpaired) electrons. The summed E-state index contributed by atoms with van der Waals surface area (Å²) in [5.41, 5.74) is 0.923. The maximum Gasteiger partial charge on any atom is 0.293 e. The van der Waals surface area contributed by atoms with E-state index in [0.717, 1.165) is 22.2 Å². The van der Waals surface area contributed by atoms with Crippen molar-refractivity contribution < 1.29 is 14.5 Å². The summed E-state index contributed by atoms with van der Waals surface area (Å²) in [4.78, 5) is 36.5. The number of rotatable bonds is 4. The molecule has 0 aromatic heterocycles. The Labute approximate surface area is 152 Å². The number of nitro benzene ring substituents is 1. The second-order valence-electron chi connectivity index (χ2n) is 5.21. The molecule has 1 saturated heterocycles. The Morgan fingerprint density at radius 2 is 1.80 bits per heavy atom. The molecule has 2 aromatic carbocycles. The fourth-order valence-electron chi connectivity index (χ4n) is 2.34. The van der Waals surface area contributed by atoms with E-state index >= 15 is 0 Å². The predicted octanol–water partition coefficient (Wildman–Crippen LogP) is 4.48. The zero-order chi connectivity index (χ0) is 18.0. The van der Waals surface area contributed by atoms with Gasteiger partial charge in [0.05, 0.1) is 16.4 Å². The van der Waals surface area contributed by atoms with Crippen molar-refractivity contribution in [3.63, 3.8) is 0 Å². The Bertz CT molecular complexity index is 896. The molecule has 0 aliphatic carbocycles. The van der Waals surface area contributed by atoms with E-state index in [9.17, 15) is 19.7 Å². The minimum absolute atomic E-state index is 0.122. The largest absolute Gasteiger partial charge is 0.293 e. The zero-order valence-corrected chi connectivity index (χ0v) is 14.3. The molecule has 2 amide bonds. The summed E-state index contributed by atoms with van der Waals surface area (Å²) in [6.45, 7) is -0.139. The zero-order valence-electron chi connectivity index (χ0n) is 12.7. The highest BCUT2D eigenvalue weighted by molar-refractivity contribution is 8.18. The van der Waals surface area contributed by atoms with E-state index in [0.29, 0.717) is 10.6 Å². The third kappa shape index (κ3) is 3.72. The van der Waals surface area contributed by atoms with Crippen LogP contribution in [0.4, 0.5) is 10.5 Å². The number of nitrogens with zero attached hydrogens (tertiary/aromatic N) is 2. The molecule has 6 nitrogen and oxygen atoms in total. The van der Waals surface area contributed by atoms with Gasteiger partial charge < -0.3 is 0 Å². The normalized spacial score (nSPS) is 15.9. The first-order chi connectivity index (χ1) is 12.0. The number of carbonyl (C=O) groups is 2. The van der Waals surface area contributed by atoms with Gasteiger partial charge >= 0.3 is 0 Å². The van der Waals surface area contributed by atoms with Gasteiger partial charge in [-0.3, -0.25) is 24.6 Å². The van der Waals surface area contributed by atoms with Crippen molar-refractivity contribution in [3.05, 3.63) is 79.7 Å². The number of carbonyl (C=O) groups excluding carboxylic acids is 2. The maximum absolute atomic E-state index is 12.5. The van der Waals surface area contributed by atoms with Crippen LogP contribution >= 0.6 is 23.4 Å². The van der Waals surface area contributed by atoms with Gasteiger partial charge in [-0.05, 0) is 35.5 Å². The van der Waals surface area contributed by atoms with Crippen LogP contribution in [0.15, 0.2) is 53.4 Å². The van der Waals surface area contributed by atoms with E-state index in [1.54, 1.807) is 36.4 Å². The van der Waals surface area contributed by atoms with Crippen LogP contribution in [0.2, 0.25) is 5.02 Å². The summed E-state index contributed by atoms with van der Waals surface area (Å²) >= 11 is 6.63. The highest BCUT2D eigenvalue weighted by atomic mass is 35.5. The van der Waals surface area contributed by atoms with Crippen molar-refractivity contribution in [3.8, 4) is 0 Å². The SMILES string of the molecule is O=C1S/C(=C/c2ccc(Cl)cc2)C(=O)N1Cc1ccccc1[N+](=O)[O-]. The number of thioether (sulfide) groups is 1. The van der Waals surface area contributed by atoms with E-state index in [2.05, 4.69) is 0 Å². The molecule has 1 fully saturated rings. The van der Waals surface area contributed by atoms with Crippen molar-refractivity contribution in [1.29, 1.82) is 0 Å². The Hall–Kier alpha value is -2.64. The van der Waals surface area contributed by atoms with Crippen LogP contribution in [0.5, 0.6) is 0 Å². The number of benzene rings is 2. The molecule has 1 aliphatic heterocycles. The number of hydrogen-bond donors (Lipinski definition) is 0. The Balaban J connectivity index is 1.85. The number of halogens is 1. The Morgan fingerprint density at radius 3 is 2.48 bits per heavy atom. The van der Waals surface area contributed by atoms with Gasteiger partial charge in [0.2, 0.25) is 0 Å². The lowest BCUT2D eigenvalue weighted by Gasteiger charge is -2.12. The van der Waals surface area contributed by atoms with Gasteiger partial charge in [0, 0.05) is 16.7 Å². The first-order valence-corrected chi connectivity index (χ1v) is 8.38. The first-order valence-electron chi connectivity index (χ1n) is 7.19. The minimum Gasteiger partial charge on any atom is -0.268 e. The van der Waals surface area contributed by atoms with E-state index in [-0.39, 0.29) is 17.1 Å². The van der Waals surface area contributed by atoms with Crippen LogP contribution in [-0.4, -0.2) is 21.0 Å². The third-order valence-electron chi connectivity index (χ3n) is 3.56. The third-order valence-corrected chi connectivity index (χ3v) is 4.72. The van der Waals surface area contributed by atoms with Crippen molar-refractivity contribution in [2.75, 3.05) is 0 Å². The topological polar surface area (TPSA) is 80.5 Å². The van der Waals surface area contributed by atoms with Crippen LogP contribution in [0.1, 0.15) is 11.1 Å². The van der Waals surface area contributed by atoms with Crippen LogP contribution < -0.4 is 0 Å². The molecule has 0 spiro atoms. The molecule has 0 unspecified atom stereocenters. The molecule has 25 heavy (non-hydrogen) atoms. The van der Waals surface area contributed by atoms with Crippen molar-refractivity contribution >= 4 is 46.3 Å². The minimum atomic E-state index is -0.530. The quantitative estimate of drug-likeness (QED) is 0.447. The summed E-state index contributed by atoms with van der Waals surface area (Å²) < 4.78 is 0. The summed E-state index contributed by atoms with van der Waals surface area (Å²) in [6.07, 6.45) is 1.60. The molecular formula is C17H11ClN2O4S. The molecule has 0 bridgehead atoms. The average molecular weight is 375 g/mol. The van der Waals surface area contributed by atoms with Gasteiger partial charge in [0.1, 0.15) is 0 Å². The van der Waals surface area contributed by atoms with Crippen molar-refractivity contribution in [1.82, 2.24) is 4.90 Å². The molecule has 0 N–H and O–H groups in total. The Kier molecular flexibility index (Phi) is 4.87. The lowest BCUT2D eigenvalue weighted by molar-refractivity contribution is -0.385. The number of nitro groups is 1. The summed E-state index contributed by atoms with van der Waals surface area (Å²) in [5, 5.41) is 11.2. The molecule has 2 aromatic rings. The summed E-state index contributed by atoms with van der Waals surface area (Å²) in [6, 6.07) is 12.9. The molecule has 126 valence electrons. The van der Waals surface area contributed by atoms with Gasteiger partial charge in [0.15, 0.2) is 0 Å². The second-order valence-corrected chi connectivity index (χ2v) is 6.63. The van der Waals surface area contributed by atoms with Gasteiger partial charge in [-0.1, -0.05) is 41.9 Å². The highest BCUT2D eigenvalue weighted by Crippen LogP contribution is 2.34. The molecule has 0 saturated carbocycles. The van der Waals surface area contributed by atoms with Gasteiger partial charge in [-0.15, -0.1) is 0 Å². The number of amides is 2. The van der Waals surface area contributed by atoms with E-state index < -0.39 is 16.1 Å². The highest BCUT2D eigenvalue weighted by Gasteiger charge is 2.36. The van der Waals surface area contributed by atoms with Crippen LogP contribution in [0.25, 0.3) is 6.08 Å². The smallest absolute Gasteiger partial charge is 0.268 e. The lowest BCUT2D eigenvalue weighted by atomic mass is 10.1. The maximum atomic E-state index is 12.5. The molecule has 1 aliphatic rings. The van der Waals surface area contributed by atoms with Gasteiger partial charge in [0.25, 0.3) is 16.8 Å². The van der Waals surface area contributed by atoms with E-state index in [1.807, 2.05) is 0 Å². The standard InChI is InChI=1S/C17H11ClN2O4S/c18-13-7-5-11(6-8-13)9-15-16(21)19(17(22)25-15)10-12-3-1-2-4-14(12)20(23)24/h1-9H,10H2/b15-9+. The number of hydrogen-bond acceptors (Lipinski definition) is 5. The fraction of sp³-hybridized carbons (Fsp3) is 0.0588. The second kappa shape index (κ2) is 7.08. The molecule has 3 rings (SSSR count). The Morgan fingerprint density at radius 1 is 1.12 bits per heavy atom. The number of para-hydroxylation sites is 1. The van der Waals surface area contributed by atoms with Gasteiger partial charge in [-0.25, -0.2) is 0 Å². The average Bonchev–Trinajstić information content (AvgIpc) is 2.85. The lowest BCUT2D eigenvalue weighted by Crippen LogP contribution is -2.27. The molecule has 1 heterocycles. The predicted molar refractivity (Wildman–Crippen MR) is 96.1 cm³/mol. The molecular weight excluding hydrogens is 364 g/mol. The monoisotopic (exact) mass is 374 g/mol. The number of imide groups is 1. The van der Waals surface area contributed by atoms with Crippen LogP contribution in [0.3, 0.4) is 0 Å². The molecule has 0 atom stereocenters. The molecule has 8 heteroatoms. The first kappa shape index (κ1) is 17.2. The van der Waals surface area contributed by atoms with Crippen molar-refractivity contribution in [2.45, 2.75) is 6.54 Å². The van der Waals surface area contributed by atoms with E-state index in [1.165, 1.54) is 18.2 Å². The van der Waals surface area contributed by atoms with Gasteiger partial charge in [-0.2, -0.15) is 0 Å². The summed E-state index contributed by atoms with van der Waals surface area (Å²) in [7, 11) is 0. The fourth-order valence-corrected chi connectivity index (χ4v) is 3.30. The van der Waals surface area contributed by atoms with E-state index in [4.69, 9.17) is 11.6 Å². The van der Waals surface area contributed by atoms with Crippen molar-refractivity contribution in [2.24, 2.45) is 0 Å². The van der Waals surface area contributed by atoms with Crippen LogP contribution in [-0.2, 0) is 11.3 Å². The summed E-state index contributed by atoms with van der Waals surface area (Å²) in [5.74, 6) is -0.469. The van der Waals surface area contributed by atoms with Crippen LogP contribution in [0, 0.1) is 10.1 Å².